The molecule has 0 atom stereocenters. The van der Waals surface area contributed by atoms with Crippen LogP contribution in [0, 0.1) is 0 Å². The Morgan fingerprint density at radius 3 is 2.93 bits per heavy atom. The number of benzene rings is 1. The van der Waals surface area contributed by atoms with Gasteiger partial charge in [0.15, 0.2) is 0 Å². The summed E-state index contributed by atoms with van der Waals surface area (Å²) in [4.78, 5) is 15.4. The van der Waals surface area contributed by atoms with Crippen LogP contribution in [0.25, 0.3) is 10.8 Å². The monoisotopic (exact) mass is 420 g/mol. The Bertz CT molecular complexity index is 914. The van der Waals surface area contributed by atoms with E-state index in [1.54, 1.807) is 25.3 Å². The van der Waals surface area contributed by atoms with Crippen molar-refractivity contribution in [3.63, 3.8) is 0 Å². The lowest BCUT2D eigenvalue weighted by molar-refractivity contribution is -0.117. The molecule has 7 nitrogen and oxygen atoms in total. The first-order chi connectivity index (χ1) is 13.6. The van der Waals surface area contributed by atoms with Crippen LogP contribution in [0.4, 0.5) is 5.69 Å². The Hall–Kier alpha value is -2.42. The second kappa shape index (κ2) is 9.68. The summed E-state index contributed by atoms with van der Waals surface area (Å²) < 4.78 is 11.0. The zero-order valence-electron chi connectivity index (χ0n) is 15.6. The van der Waals surface area contributed by atoms with Gasteiger partial charge in [-0.25, -0.2) is 0 Å². The first-order valence-electron chi connectivity index (χ1n) is 8.81. The molecule has 0 bridgehead atoms. The van der Waals surface area contributed by atoms with Gasteiger partial charge in [0, 0.05) is 5.02 Å². The van der Waals surface area contributed by atoms with Crippen molar-refractivity contribution in [1.82, 2.24) is 15.1 Å². The molecule has 0 radical (unpaired) electrons. The number of hydrogen-bond donors (Lipinski definition) is 1. The highest BCUT2D eigenvalue weighted by molar-refractivity contribution is 7.13. The van der Waals surface area contributed by atoms with Crippen LogP contribution in [0.15, 0.2) is 40.1 Å². The summed E-state index contributed by atoms with van der Waals surface area (Å²) in [5, 5.41) is 13.5. The first-order valence-corrected chi connectivity index (χ1v) is 10.1. The van der Waals surface area contributed by atoms with E-state index in [-0.39, 0.29) is 12.5 Å². The fourth-order valence-electron chi connectivity index (χ4n) is 2.71. The molecule has 0 fully saturated rings. The van der Waals surface area contributed by atoms with Gasteiger partial charge < -0.3 is 14.5 Å². The van der Waals surface area contributed by atoms with Crippen LogP contribution in [0.1, 0.15) is 19.2 Å². The van der Waals surface area contributed by atoms with Crippen molar-refractivity contribution in [1.29, 1.82) is 0 Å². The fraction of sp³-hybridized carbons (Fsp3) is 0.316. The van der Waals surface area contributed by atoms with E-state index in [9.17, 15) is 4.79 Å². The maximum absolute atomic E-state index is 12.5. The van der Waals surface area contributed by atoms with Crippen molar-refractivity contribution in [2.75, 3.05) is 25.5 Å². The number of nitrogens with one attached hydrogen (secondary N) is 1. The van der Waals surface area contributed by atoms with Crippen LogP contribution in [-0.2, 0) is 11.3 Å². The summed E-state index contributed by atoms with van der Waals surface area (Å²) in [6, 6.07) is 8.94. The molecule has 0 unspecified atom stereocenters. The maximum atomic E-state index is 12.5. The summed E-state index contributed by atoms with van der Waals surface area (Å²) in [6.07, 6.45) is 0.889. The number of rotatable bonds is 9. The molecule has 1 amide bonds. The summed E-state index contributed by atoms with van der Waals surface area (Å²) in [6.45, 7) is 3.35. The molecule has 28 heavy (non-hydrogen) atoms. The Morgan fingerprint density at radius 1 is 1.36 bits per heavy atom. The number of ether oxygens (including phenoxy) is 1. The van der Waals surface area contributed by atoms with Gasteiger partial charge in [-0.15, -0.1) is 21.5 Å². The number of carbonyl (C=O) groups excluding carboxylic acids is 1. The Kier molecular flexibility index (Phi) is 7.02. The third kappa shape index (κ3) is 5.31. The zero-order valence-corrected chi connectivity index (χ0v) is 17.2. The minimum atomic E-state index is -0.174. The molecule has 1 aromatic carbocycles. The molecule has 0 aliphatic heterocycles. The van der Waals surface area contributed by atoms with Gasteiger partial charge in [-0.05, 0) is 42.6 Å². The Labute approximate surface area is 172 Å². The topological polar surface area (TPSA) is 80.5 Å². The Morgan fingerprint density at radius 2 is 2.21 bits per heavy atom. The van der Waals surface area contributed by atoms with E-state index in [0.717, 1.165) is 17.8 Å². The summed E-state index contributed by atoms with van der Waals surface area (Å²) in [5.41, 5.74) is 0.536. The van der Waals surface area contributed by atoms with Crippen LogP contribution < -0.4 is 10.1 Å². The highest BCUT2D eigenvalue weighted by atomic mass is 35.5. The standard InChI is InChI=1S/C19H21ClN4O3S/c1-3-8-24(12-18-22-23-19(27-18)16-5-4-9-28-16)11-17(25)21-14-10-13(20)6-7-15(14)26-2/h4-7,9-10H,3,8,11-12H2,1-2H3,(H,21,25). The number of amides is 1. The van der Waals surface area contributed by atoms with Gasteiger partial charge in [0.1, 0.15) is 5.75 Å². The van der Waals surface area contributed by atoms with Gasteiger partial charge in [-0.3, -0.25) is 9.69 Å². The first kappa shape index (κ1) is 20.3. The molecule has 0 aliphatic rings. The van der Waals surface area contributed by atoms with E-state index >= 15 is 0 Å². The van der Waals surface area contributed by atoms with Crippen molar-refractivity contribution in [2.45, 2.75) is 19.9 Å². The lowest BCUT2D eigenvalue weighted by Gasteiger charge is -2.19. The van der Waals surface area contributed by atoms with Crippen LogP contribution in [0.5, 0.6) is 5.75 Å². The third-order valence-electron chi connectivity index (χ3n) is 3.90. The highest BCUT2D eigenvalue weighted by Crippen LogP contribution is 2.27. The second-order valence-corrected chi connectivity index (χ2v) is 7.47. The van der Waals surface area contributed by atoms with Gasteiger partial charge in [0.2, 0.25) is 11.8 Å². The zero-order chi connectivity index (χ0) is 19.9. The predicted molar refractivity (Wildman–Crippen MR) is 110 cm³/mol. The Balaban J connectivity index is 1.64. The van der Waals surface area contributed by atoms with E-state index in [1.165, 1.54) is 11.3 Å². The van der Waals surface area contributed by atoms with Crippen LogP contribution in [-0.4, -0.2) is 41.2 Å². The molecule has 9 heteroatoms. The molecule has 0 saturated carbocycles. The molecule has 0 aliphatic carbocycles. The van der Waals surface area contributed by atoms with Crippen molar-refractivity contribution in [3.05, 3.63) is 46.6 Å². The van der Waals surface area contributed by atoms with Crippen LogP contribution in [0.2, 0.25) is 5.02 Å². The lowest BCUT2D eigenvalue weighted by Crippen LogP contribution is -2.33. The van der Waals surface area contributed by atoms with Gasteiger partial charge >= 0.3 is 0 Å². The van der Waals surface area contributed by atoms with E-state index in [2.05, 4.69) is 22.4 Å². The van der Waals surface area contributed by atoms with Gasteiger partial charge in [0.25, 0.3) is 5.89 Å². The number of hydrogen-bond acceptors (Lipinski definition) is 7. The highest BCUT2D eigenvalue weighted by Gasteiger charge is 2.17. The number of anilines is 1. The van der Waals surface area contributed by atoms with E-state index in [4.69, 9.17) is 20.8 Å². The number of nitrogens with zero attached hydrogens (tertiary/aromatic N) is 3. The number of aromatic nitrogens is 2. The minimum Gasteiger partial charge on any atom is -0.495 e. The number of methoxy groups -OCH3 is 1. The molecule has 148 valence electrons. The molecule has 0 spiro atoms. The van der Waals surface area contributed by atoms with E-state index < -0.39 is 0 Å². The molecule has 3 rings (SSSR count). The lowest BCUT2D eigenvalue weighted by atomic mass is 10.3. The van der Waals surface area contributed by atoms with Gasteiger partial charge in [-0.1, -0.05) is 24.6 Å². The maximum Gasteiger partial charge on any atom is 0.257 e. The average Bonchev–Trinajstić information content (AvgIpc) is 3.33. The van der Waals surface area contributed by atoms with Gasteiger partial charge in [0.05, 0.1) is 30.8 Å². The molecule has 0 saturated heterocycles. The normalized spacial score (nSPS) is 11.0. The van der Waals surface area contributed by atoms with Crippen LogP contribution in [0.3, 0.4) is 0 Å². The van der Waals surface area contributed by atoms with E-state index in [1.807, 2.05) is 22.4 Å². The van der Waals surface area contributed by atoms with Crippen molar-refractivity contribution in [2.24, 2.45) is 0 Å². The summed E-state index contributed by atoms with van der Waals surface area (Å²) >= 11 is 7.56. The number of halogens is 1. The van der Waals surface area contributed by atoms with Crippen molar-refractivity contribution in [3.8, 4) is 16.5 Å². The molecule has 2 aromatic heterocycles. The molecule has 2 heterocycles. The third-order valence-corrected chi connectivity index (χ3v) is 4.99. The van der Waals surface area contributed by atoms with Crippen LogP contribution >= 0.6 is 22.9 Å². The SMILES string of the molecule is CCCN(CC(=O)Nc1cc(Cl)ccc1OC)Cc1nnc(-c2cccs2)o1. The minimum absolute atomic E-state index is 0.174. The summed E-state index contributed by atoms with van der Waals surface area (Å²) in [7, 11) is 1.54. The van der Waals surface area contributed by atoms with Gasteiger partial charge in [-0.2, -0.15) is 0 Å². The second-order valence-electron chi connectivity index (χ2n) is 6.08. The molecular weight excluding hydrogens is 400 g/mol. The smallest absolute Gasteiger partial charge is 0.257 e. The predicted octanol–water partition coefficient (Wildman–Crippen LogP) is 4.31. The number of thiophene rings is 1. The van der Waals surface area contributed by atoms with E-state index in [0.29, 0.717) is 34.8 Å². The quantitative estimate of drug-likeness (QED) is 0.555. The molecule has 1 N–H and O–H groups in total. The summed E-state index contributed by atoms with van der Waals surface area (Å²) in [5.74, 6) is 1.35. The number of carbonyl (C=O) groups is 1. The largest absolute Gasteiger partial charge is 0.495 e. The van der Waals surface area contributed by atoms with Crippen molar-refractivity contribution < 1.29 is 13.9 Å². The fourth-order valence-corrected chi connectivity index (χ4v) is 3.53. The average molecular weight is 421 g/mol. The molecular formula is C19H21ClN4O3S. The van der Waals surface area contributed by atoms with Crippen molar-refractivity contribution >= 4 is 34.5 Å². The molecule has 3 aromatic rings.